The number of quaternary nitrogens is 1. The van der Waals surface area contributed by atoms with Crippen molar-refractivity contribution in [3.63, 3.8) is 0 Å². The van der Waals surface area contributed by atoms with E-state index < -0.39 is 5.97 Å². The zero-order valence-electron chi connectivity index (χ0n) is 6.35. The molecule has 0 aliphatic rings. The van der Waals surface area contributed by atoms with Crippen molar-refractivity contribution in [2.24, 2.45) is 0 Å². The standard InChI is InChI=1S/C5H11NO2.FH.Zr/c1-6(2,3)4-5(7)8;;/h4H2,1-3H3;1H;/q;;+2/p-1. The molecule has 0 N–H and O–H groups in total. The van der Waals surface area contributed by atoms with Gasteiger partial charge in [-0.15, -0.1) is 0 Å². The van der Waals surface area contributed by atoms with Gasteiger partial charge in [0.25, 0.3) is 0 Å². The summed E-state index contributed by atoms with van der Waals surface area (Å²) in [6.45, 7) is 0.0694. The first kappa shape index (κ1) is 16.7. The van der Waals surface area contributed by atoms with Crippen LogP contribution in [0, 0.1) is 0 Å². The van der Waals surface area contributed by atoms with E-state index in [2.05, 4.69) is 0 Å². The Labute approximate surface area is 79.1 Å². The van der Waals surface area contributed by atoms with E-state index in [0.717, 1.165) is 0 Å². The van der Waals surface area contributed by atoms with Crippen molar-refractivity contribution in [1.29, 1.82) is 0 Å². The maximum absolute atomic E-state index is 9.89. The summed E-state index contributed by atoms with van der Waals surface area (Å²) in [4.78, 5) is 9.89. The zero-order chi connectivity index (χ0) is 6.78. The number of likely N-dealkylation sites (N-methyl/N-ethyl adjacent to an activating group) is 1. The predicted molar refractivity (Wildman–Crippen MR) is 27.9 cm³/mol. The fraction of sp³-hybridized carbons (Fsp3) is 0.800. The predicted octanol–water partition coefficient (Wildman–Crippen LogP) is -4.56. The van der Waals surface area contributed by atoms with Crippen LogP contribution in [0.5, 0.6) is 0 Å². The summed E-state index contributed by atoms with van der Waals surface area (Å²) in [7, 11) is 5.40. The minimum absolute atomic E-state index is 0. The van der Waals surface area contributed by atoms with Crippen molar-refractivity contribution >= 4 is 5.97 Å². The molecule has 3 nitrogen and oxygen atoms in total. The molecular weight excluding hydrogens is 216 g/mol. The average Bonchev–Trinajstić information content (AvgIpc) is 1.21. The summed E-state index contributed by atoms with van der Waals surface area (Å²) in [6, 6.07) is 0. The Morgan fingerprint density at radius 3 is 1.70 bits per heavy atom. The molecular formula is C5H11FNO2Zr+. The van der Waals surface area contributed by atoms with Crippen molar-refractivity contribution in [3.8, 4) is 0 Å². The number of hydrogen-bond donors (Lipinski definition) is 0. The second kappa shape index (κ2) is 5.99. The van der Waals surface area contributed by atoms with Crippen LogP contribution in [-0.4, -0.2) is 38.1 Å². The Bertz CT molecular complexity index is 102. The van der Waals surface area contributed by atoms with Crippen LogP contribution in [-0.2, 0) is 31.0 Å². The fourth-order valence-electron chi connectivity index (χ4n) is 0.387. The number of carbonyl (C=O) groups excluding carboxylic acids is 1. The largest absolute Gasteiger partial charge is 2.00 e. The molecule has 0 radical (unpaired) electrons. The Balaban J connectivity index is -0.000000245. The van der Waals surface area contributed by atoms with Gasteiger partial charge in [0.2, 0.25) is 0 Å². The normalized spacial score (nSPS) is 9.10. The summed E-state index contributed by atoms with van der Waals surface area (Å²) in [5.74, 6) is -1.00. The molecule has 0 bridgehead atoms. The molecule has 0 aromatic rings. The molecule has 0 saturated heterocycles. The molecule has 0 spiro atoms. The molecule has 0 rings (SSSR count). The number of carboxylic acids is 1. The molecule has 0 atom stereocenters. The van der Waals surface area contributed by atoms with Crippen LogP contribution in [0.3, 0.4) is 0 Å². The topological polar surface area (TPSA) is 40.1 Å². The monoisotopic (exact) mass is 226 g/mol. The van der Waals surface area contributed by atoms with Gasteiger partial charge in [0.1, 0.15) is 6.54 Å². The van der Waals surface area contributed by atoms with Gasteiger partial charge in [-0.2, -0.15) is 0 Å². The quantitative estimate of drug-likeness (QED) is 0.446. The van der Waals surface area contributed by atoms with Gasteiger partial charge in [-0.1, -0.05) is 0 Å². The summed E-state index contributed by atoms with van der Waals surface area (Å²) >= 11 is 0. The fourth-order valence-corrected chi connectivity index (χ4v) is 0.387. The van der Waals surface area contributed by atoms with Crippen LogP contribution in [0.2, 0.25) is 0 Å². The van der Waals surface area contributed by atoms with Gasteiger partial charge < -0.3 is 19.1 Å². The van der Waals surface area contributed by atoms with Gasteiger partial charge in [-0.25, -0.2) is 0 Å². The van der Waals surface area contributed by atoms with Crippen LogP contribution >= 0.6 is 0 Å². The Kier molecular flexibility index (Phi) is 9.99. The van der Waals surface area contributed by atoms with Crippen molar-refractivity contribution < 1.29 is 45.3 Å². The van der Waals surface area contributed by atoms with E-state index >= 15 is 0 Å². The third-order valence-electron chi connectivity index (χ3n) is 0.603. The number of nitrogens with zero attached hydrogens (tertiary/aromatic N) is 1. The van der Waals surface area contributed by atoms with E-state index in [1.807, 2.05) is 0 Å². The number of halogens is 1. The number of hydrogen-bond acceptors (Lipinski definition) is 2. The minimum Gasteiger partial charge on any atom is -1.00 e. The molecule has 0 fully saturated rings. The van der Waals surface area contributed by atoms with E-state index in [1.165, 1.54) is 0 Å². The van der Waals surface area contributed by atoms with E-state index in [4.69, 9.17) is 0 Å². The molecule has 0 heterocycles. The third kappa shape index (κ3) is 15.7. The number of rotatable bonds is 2. The summed E-state index contributed by atoms with van der Waals surface area (Å²) in [5.41, 5.74) is 0. The first-order valence-corrected chi connectivity index (χ1v) is 2.42. The third-order valence-corrected chi connectivity index (χ3v) is 0.603. The maximum atomic E-state index is 9.89. The molecule has 0 aromatic carbocycles. The molecule has 0 aliphatic heterocycles. The molecule has 0 amide bonds. The average molecular weight is 227 g/mol. The van der Waals surface area contributed by atoms with Crippen LogP contribution in [0.15, 0.2) is 0 Å². The summed E-state index contributed by atoms with van der Waals surface area (Å²) in [6.07, 6.45) is 0. The number of carboxylic acid groups (broad SMARTS) is 1. The van der Waals surface area contributed by atoms with Crippen molar-refractivity contribution in [1.82, 2.24) is 0 Å². The van der Waals surface area contributed by atoms with Gasteiger partial charge in [0.05, 0.1) is 27.1 Å². The number of aliphatic carboxylic acids is 1. The van der Waals surface area contributed by atoms with Crippen LogP contribution in [0.4, 0.5) is 0 Å². The van der Waals surface area contributed by atoms with Gasteiger partial charge in [0, 0.05) is 0 Å². The molecule has 0 saturated carbocycles. The number of carbonyl (C=O) groups is 1. The maximum Gasteiger partial charge on any atom is 2.00 e. The smallest absolute Gasteiger partial charge is 1.00 e. The summed E-state index contributed by atoms with van der Waals surface area (Å²) < 4.78 is 0.419. The Morgan fingerprint density at radius 2 is 1.70 bits per heavy atom. The van der Waals surface area contributed by atoms with Gasteiger partial charge in [0.15, 0.2) is 0 Å². The Morgan fingerprint density at radius 1 is 1.40 bits per heavy atom. The first-order chi connectivity index (χ1) is 3.42. The van der Waals surface area contributed by atoms with Crippen molar-refractivity contribution in [2.45, 2.75) is 0 Å². The van der Waals surface area contributed by atoms with E-state index in [1.54, 1.807) is 21.1 Å². The Hall–Kier alpha value is 0.243. The zero-order valence-corrected chi connectivity index (χ0v) is 8.81. The molecule has 5 heteroatoms. The summed E-state index contributed by atoms with van der Waals surface area (Å²) in [5, 5.41) is 9.89. The van der Waals surface area contributed by atoms with Crippen LogP contribution in [0.1, 0.15) is 0 Å². The molecule has 10 heavy (non-hydrogen) atoms. The van der Waals surface area contributed by atoms with Crippen LogP contribution in [0.25, 0.3) is 0 Å². The molecule has 0 aromatic heterocycles. The second-order valence-electron chi connectivity index (χ2n) is 2.82. The second-order valence-corrected chi connectivity index (χ2v) is 2.82. The van der Waals surface area contributed by atoms with E-state index in [-0.39, 0.29) is 37.5 Å². The van der Waals surface area contributed by atoms with Crippen LogP contribution < -0.4 is 9.81 Å². The molecule has 0 unspecified atom stereocenters. The first-order valence-electron chi connectivity index (χ1n) is 2.42. The molecule has 0 aliphatic carbocycles. The SMILES string of the molecule is C[N+](C)(C)CC(=O)[O-].[F-].[Zr+2]. The van der Waals surface area contributed by atoms with Crippen molar-refractivity contribution in [3.05, 3.63) is 0 Å². The minimum atomic E-state index is -1.00. The van der Waals surface area contributed by atoms with Gasteiger partial charge in [-0.3, -0.25) is 0 Å². The van der Waals surface area contributed by atoms with E-state index in [0.29, 0.717) is 4.48 Å². The van der Waals surface area contributed by atoms with Gasteiger partial charge >= 0.3 is 26.2 Å². The van der Waals surface area contributed by atoms with E-state index in [9.17, 15) is 9.90 Å². The molecule has 58 valence electrons. The van der Waals surface area contributed by atoms with Gasteiger partial charge in [-0.05, 0) is 0 Å². The van der Waals surface area contributed by atoms with Crippen molar-refractivity contribution in [2.75, 3.05) is 27.7 Å².